The fraction of sp³-hybridized carbons (Fsp3) is 0.750. The normalized spacial score (nSPS) is 18.8. The first-order valence-corrected chi connectivity index (χ1v) is 6.84. The third kappa shape index (κ3) is 3.48. The highest BCUT2D eigenvalue weighted by Gasteiger charge is 2.21. The van der Waals surface area contributed by atoms with Gasteiger partial charge in [0.2, 0.25) is 0 Å². The largest absolute Gasteiger partial charge is 0.350 e. The number of aryl methyl sites for hydroxylation is 2. The lowest BCUT2D eigenvalue weighted by Gasteiger charge is -2.18. The van der Waals surface area contributed by atoms with E-state index in [1.807, 2.05) is 7.05 Å². The van der Waals surface area contributed by atoms with Crippen LogP contribution in [-0.4, -0.2) is 37.6 Å². The van der Waals surface area contributed by atoms with Gasteiger partial charge in [-0.15, -0.1) is 11.3 Å². The Bertz CT molecular complexity index is 342. The summed E-state index contributed by atoms with van der Waals surface area (Å²) in [6, 6.07) is 0.364. The Morgan fingerprint density at radius 3 is 2.65 bits per heavy atom. The lowest BCUT2D eigenvalue weighted by molar-refractivity contribution is -0.0522. The first-order valence-electron chi connectivity index (χ1n) is 6.02. The Kier molecular flexibility index (Phi) is 4.50. The SMILES string of the molecule is CNC(Cc1nc(C)c(C)s1)CC1OCCO1. The number of ether oxygens (including phenoxy) is 2. The molecule has 2 rings (SSSR count). The minimum Gasteiger partial charge on any atom is -0.350 e. The van der Waals surface area contributed by atoms with E-state index in [1.165, 1.54) is 9.88 Å². The summed E-state index contributed by atoms with van der Waals surface area (Å²) in [6.45, 7) is 5.62. The highest BCUT2D eigenvalue weighted by atomic mass is 32.1. The standard InChI is InChI=1S/C12H20N2O2S/c1-8-9(2)17-11(14-8)6-10(13-3)7-12-15-4-5-16-12/h10,12-13H,4-7H2,1-3H3. The van der Waals surface area contributed by atoms with Gasteiger partial charge in [0.1, 0.15) is 0 Å². The topological polar surface area (TPSA) is 43.4 Å². The van der Waals surface area contributed by atoms with Crippen molar-refractivity contribution in [1.29, 1.82) is 0 Å². The molecule has 1 aromatic heterocycles. The molecule has 0 amide bonds. The number of likely N-dealkylation sites (N-methyl/N-ethyl adjacent to an activating group) is 1. The van der Waals surface area contributed by atoms with Crippen LogP contribution >= 0.6 is 11.3 Å². The first kappa shape index (κ1) is 13.0. The molecule has 1 atom stereocenters. The summed E-state index contributed by atoms with van der Waals surface area (Å²) in [7, 11) is 1.98. The summed E-state index contributed by atoms with van der Waals surface area (Å²) in [5.74, 6) is 0. The van der Waals surface area contributed by atoms with Crippen LogP contribution in [0.4, 0.5) is 0 Å². The number of thiazole rings is 1. The predicted octanol–water partition coefficient (Wildman–Crippen LogP) is 1.65. The van der Waals surface area contributed by atoms with E-state index >= 15 is 0 Å². The number of aromatic nitrogens is 1. The van der Waals surface area contributed by atoms with Crippen LogP contribution in [0.2, 0.25) is 0 Å². The second kappa shape index (κ2) is 5.91. The smallest absolute Gasteiger partial charge is 0.159 e. The molecule has 1 fully saturated rings. The van der Waals surface area contributed by atoms with Crippen molar-refractivity contribution in [3.05, 3.63) is 15.6 Å². The van der Waals surface area contributed by atoms with Crippen molar-refractivity contribution in [3.63, 3.8) is 0 Å². The highest BCUT2D eigenvalue weighted by molar-refractivity contribution is 7.11. The number of nitrogens with one attached hydrogen (secondary N) is 1. The maximum Gasteiger partial charge on any atom is 0.159 e. The van der Waals surface area contributed by atoms with Crippen LogP contribution in [0.15, 0.2) is 0 Å². The van der Waals surface area contributed by atoms with E-state index in [4.69, 9.17) is 9.47 Å². The molecule has 0 bridgehead atoms. The molecule has 1 aliphatic rings. The average molecular weight is 256 g/mol. The van der Waals surface area contributed by atoms with Gasteiger partial charge in [-0.2, -0.15) is 0 Å². The molecule has 0 aromatic carbocycles. The van der Waals surface area contributed by atoms with Crippen molar-refractivity contribution in [2.24, 2.45) is 0 Å². The van der Waals surface area contributed by atoms with E-state index in [0.29, 0.717) is 6.04 Å². The van der Waals surface area contributed by atoms with Gasteiger partial charge in [0, 0.05) is 23.8 Å². The Hall–Kier alpha value is -0.490. The summed E-state index contributed by atoms with van der Waals surface area (Å²) < 4.78 is 10.9. The molecule has 1 aromatic rings. The van der Waals surface area contributed by atoms with E-state index in [2.05, 4.69) is 24.1 Å². The number of hydrogen-bond acceptors (Lipinski definition) is 5. The molecule has 0 radical (unpaired) electrons. The van der Waals surface area contributed by atoms with E-state index < -0.39 is 0 Å². The van der Waals surface area contributed by atoms with Crippen LogP contribution in [0.3, 0.4) is 0 Å². The van der Waals surface area contributed by atoms with Crippen molar-refractivity contribution < 1.29 is 9.47 Å². The first-order chi connectivity index (χ1) is 8.19. The van der Waals surface area contributed by atoms with Gasteiger partial charge >= 0.3 is 0 Å². The molecule has 0 spiro atoms. The summed E-state index contributed by atoms with van der Waals surface area (Å²) >= 11 is 1.78. The maximum atomic E-state index is 5.47. The van der Waals surface area contributed by atoms with Crippen molar-refractivity contribution >= 4 is 11.3 Å². The molecule has 17 heavy (non-hydrogen) atoms. The van der Waals surface area contributed by atoms with E-state index in [-0.39, 0.29) is 6.29 Å². The zero-order valence-corrected chi connectivity index (χ0v) is 11.5. The van der Waals surface area contributed by atoms with Gasteiger partial charge in [0.25, 0.3) is 0 Å². The maximum absolute atomic E-state index is 5.47. The molecule has 96 valence electrons. The fourth-order valence-electron chi connectivity index (χ4n) is 1.92. The predicted molar refractivity (Wildman–Crippen MR) is 68.4 cm³/mol. The molecule has 1 unspecified atom stereocenters. The molecule has 1 saturated heterocycles. The zero-order chi connectivity index (χ0) is 12.3. The summed E-state index contributed by atoms with van der Waals surface area (Å²) in [5.41, 5.74) is 1.15. The second-order valence-corrected chi connectivity index (χ2v) is 5.63. The van der Waals surface area contributed by atoms with Crippen molar-refractivity contribution in [1.82, 2.24) is 10.3 Å². The Balaban J connectivity index is 1.89. The van der Waals surface area contributed by atoms with Gasteiger partial charge in [0.05, 0.1) is 23.9 Å². The minimum absolute atomic E-state index is 0.0467. The molecule has 1 aliphatic heterocycles. The molecule has 2 heterocycles. The summed E-state index contributed by atoms with van der Waals surface area (Å²) in [6.07, 6.45) is 1.78. The Labute approximate surface area is 106 Å². The van der Waals surface area contributed by atoms with Crippen LogP contribution in [0.25, 0.3) is 0 Å². The molecular formula is C12H20N2O2S. The third-order valence-electron chi connectivity index (χ3n) is 3.07. The number of rotatable bonds is 5. The molecular weight excluding hydrogens is 236 g/mol. The Morgan fingerprint density at radius 2 is 2.12 bits per heavy atom. The quantitative estimate of drug-likeness (QED) is 0.870. The van der Waals surface area contributed by atoms with Gasteiger partial charge in [-0.3, -0.25) is 0 Å². The summed E-state index contributed by atoms with van der Waals surface area (Å²) in [4.78, 5) is 5.88. The number of hydrogen-bond donors (Lipinski definition) is 1. The van der Waals surface area contributed by atoms with Crippen molar-refractivity contribution in [2.45, 2.75) is 39.0 Å². The van der Waals surface area contributed by atoms with Gasteiger partial charge in [-0.1, -0.05) is 0 Å². The van der Waals surface area contributed by atoms with Gasteiger partial charge in [-0.05, 0) is 20.9 Å². The molecule has 0 saturated carbocycles. The van der Waals surface area contributed by atoms with E-state index in [0.717, 1.165) is 31.7 Å². The van der Waals surface area contributed by atoms with Crippen LogP contribution < -0.4 is 5.32 Å². The molecule has 1 N–H and O–H groups in total. The third-order valence-corrected chi connectivity index (χ3v) is 4.17. The molecule has 5 heteroatoms. The lowest BCUT2D eigenvalue weighted by atomic mass is 10.1. The average Bonchev–Trinajstić information content (AvgIpc) is 2.89. The fourth-order valence-corrected chi connectivity index (χ4v) is 2.93. The van der Waals surface area contributed by atoms with Crippen LogP contribution in [0, 0.1) is 13.8 Å². The molecule has 4 nitrogen and oxygen atoms in total. The van der Waals surface area contributed by atoms with Crippen LogP contribution in [-0.2, 0) is 15.9 Å². The van der Waals surface area contributed by atoms with Crippen molar-refractivity contribution in [3.8, 4) is 0 Å². The molecule has 0 aliphatic carbocycles. The number of nitrogens with zero attached hydrogens (tertiary/aromatic N) is 1. The Morgan fingerprint density at radius 1 is 1.41 bits per heavy atom. The van der Waals surface area contributed by atoms with E-state index in [1.54, 1.807) is 11.3 Å². The van der Waals surface area contributed by atoms with Crippen molar-refractivity contribution in [2.75, 3.05) is 20.3 Å². The van der Waals surface area contributed by atoms with Gasteiger partial charge in [-0.25, -0.2) is 4.98 Å². The van der Waals surface area contributed by atoms with E-state index in [9.17, 15) is 0 Å². The zero-order valence-electron chi connectivity index (χ0n) is 10.7. The lowest BCUT2D eigenvalue weighted by Crippen LogP contribution is -2.32. The van der Waals surface area contributed by atoms with Gasteiger partial charge < -0.3 is 14.8 Å². The second-order valence-electron chi connectivity index (χ2n) is 4.35. The highest BCUT2D eigenvalue weighted by Crippen LogP contribution is 2.20. The monoisotopic (exact) mass is 256 g/mol. The van der Waals surface area contributed by atoms with Gasteiger partial charge in [0.15, 0.2) is 6.29 Å². The minimum atomic E-state index is -0.0467. The summed E-state index contributed by atoms with van der Waals surface area (Å²) in [5, 5.41) is 4.50. The van der Waals surface area contributed by atoms with Crippen LogP contribution in [0.5, 0.6) is 0 Å². The van der Waals surface area contributed by atoms with Crippen LogP contribution in [0.1, 0.15) is 22.0 Å².